The molecule has 2 aromatic rings. The molecular weight excluding hydrogens is 332 g/mol. The van der Waals surface area contributed by atoms with E-state index < -0.39 is 6.04 Å². The van der Waals surface area contributed by atoms with Crippen LogP contribution in [0.1, 0.15) is 17.5 Å². The van der Waals surface area contributed by atoms with Crippen LogP contribution >= 0.6 is 0 Å². The van der Waals surface area contributed by atoms with Crippen LogP contribution in [-0.4, -0.2) is 57.2 Å². The average Bonchev–Trinajstić information content (AvgIpc) is 3.13. The summed E-state index contributed by atoms with van der Waals surface area (Å²) in [6.07, 6.45) is 3.36. The van der Waals surface area contributed by atoms with E-state index in [4.69, 9.17) is 0 Å². The highest BCUT2D eigenvalue weighted by Crippen LogP contribution is 2.16. The first-order chi connectivity index (χ1) is 12.6. The highest BCUT2D eigenvalue weighted by atomic mass is 16.2. The molecule has 0 bridgehead atoms. The van der Waals surface area contributed by atoms with Gasteiger partial charge in [-0.1, -0.05) is 24.3 Å². The smallest absolute Gasteiger partial charge is 0.237 e. The predicted octanol–water partition coefficient (Wildman–Crippen LogP) is 0.0934. The first-order valence-electron chi connectivity index (χ1n) is 8.79. The van der Waals surface area contributed by atoms with Gasteiger partial charge in [0.05, 0.1) is 12.5 Å². The van der Waals surface area contributed by atoms with Crippen LogP contribution in [0.25, 0.3) is 0 Å². The van der Waals surface area contributed by atoms with E-state index in [2.05, 4.69) is 44.8 Å². The monoisotopic (exact) mass is 356 g/mol. The van der Waals surface area contributed by atoms with E-state index in [-0.39, 0.29) is 18.2 Å². The van der Waals surface area contributed by atoms with Gasteiger partial charge in [0, 0.05) is 32.7 Å². The molecule has 26 heavy (non-hydrogen) atoms. The largest absolute Gasteiger partial charge is 0.354 e. The first-order valence-corrected chi connectivity index (χ1v) is 8.79. The molecule has 0 unspecified atom stereocenters. The lowest BCUT2D eigenvalue weighted by Gasteiger charge is -2.35. The van der Waals surface area contributed by atoms with E-state index in [0.29, 0.717) is 26.2 Å². The molecule has 0 spiro atoms. The molecule has 1 aromatic carbocycles. The molecule has 0 aliphatic carbocycles. The molecule has 0 radical (unpaired) electrons. The number of aryl methyl sites for hydroxylation is 1. The van der Waals surface area contributed by atoms with Crippen molar-refractivity contribution in [3.05, 3.63) is 48.0 Å². The maximum Gasteiger partial charge on any atom is 0.237 e. The normalized spacial score (nSPS) is 17.7. The number of benzene rings is 1. The minimum atomic E-state index is -0.446. The summed E-state index contributed by atoms with van der Waals surface area (Å²) in [5.74, 6) is -0.214. The Balaban J connectivity index is 1.56. The summed E-state index contributed by atoms with van der Waals surface area (Å²) in [6, 6.07) is 7.68. The Morgan fingerprint density at radius 3 is 2.85 bits per heavy atom. The Morgan fingerprint density at radius 2 is 2.08 bits per heavy atom. The Bertz CT molecular complexity index is 746. The number of rotatable bonds is 7. The third-order valence-electron chi connectivity index (χ3n) is 4.61. The van der Waals surface area contributed by atoms with Gasteiger partial charge < -0.3 is 15.2 Å². The van der Waals surface area contributed by atoms with Crippen LogP contribution in [0.3, 0.4) is 0 Å². The molecule has 3 rings (SSSR count). The number of carbonyl (C=O) groups excluding carboxylic acids is 2. The van der Waals surface area contributed by atoms with Crippen LogP contribution in [-0.2, 0) is 22.7 Å². The minimum Gasteiger partial charge on any atom is -0.354 e. The molecule has 1 saturated heterocycles. The lowest BCUT2D eigenvalue weighted by molar-refractivity contribution is -0.134. The Hall–Kier alpha value is -2.74. The number of nitrogens with zero attached hydrogens (tertiary/aromatic N) is 4. The summed E-state index contributed by atoms with van der Waals surface area (Å²) in [7, 11) is 0. The Labute approximate surface area is 152 Å². The molecule has 1 aliphatic heterocycles. The number of piperazine rings is 1. The number of hydrogen-bond acceptors (Lipinski definition) is 5. The van der Waals surface area contributed by atoms with Gasteiger partial charge in [0.25, 0.3) is 0 Å². The van der Waals surface area contributed by atoms with Crippen molar-refractivity contribution in [3.63, 3.8) is 0 Å². The molecule has 2 amide bonds. The fraction of sp³-hybridized carbons (Fsp3) is 0.444. The maximum atomic E-state index is 12.3. The van der Waals surface area contributed by atoms with Gasteiger partial charge in [0.15, 0.2) is 0 Å². The first kappa shape index (κ1) is 18.1. The van der Waals surface area contributed by atoms with E-state index in [1.165, 1.54) is 11.1 Å². The third kappa shape index (κ3) is 4.66. The molecule has 1 fully saturated rings. The van der Waals surface area contributed by atoms with E-state index in [0.717, 1.165) is 6.54 Å². The van der Waals surface area contributed by atoms with Crippen LogP contribution in [0.15, 0.2) is 36.9 Å². The SMILES string of the molecule is Cc1ccccc1CN1CCNC(=O)[C@@H]1CC(=O)NCCn1cnnc1. The van der Waals surface area contributed by atoms with Gasteiger partial charge in [-0.2, -0.15) is 0 Å². The number of amides is 2. The Kier molecular flexibility index (Phi) is 5.96. The van der Waals surface area contributed by atoms with Gasteiger partial charge >= 0.3 is 0 Å². The van der Waals surface area contributed by atoms with Crippen LogP contribution in [0.2, 0.25) is 0 Å². The predicted molar refractivity (Wildman–Crippen MR) is 96.0 cm³/mol. The summed E-state index contributed by atoms with van der Waals surface area (Å²) < 4.78 is 1.79. The number of hydrogen-bond donors (Lipinski definition) is 2. The fourth-order valence-electron chi connectivity index (χ4n) is 3.09. The van der Waals surface area contributed by atoms with Gasteiger partial charge in [-0.15, -0.1) is 10.2 Å². The van der Waals surface area contributed by atoms with E-state index >= 15 is 0 Å². The van der Waals surface area contributed by atoms with Gasteiger partial charge in [-0.05, 0) is 18.1 Å². The van der Waals surface area contributed by atoms with Crippen molar-refractivity contribution >= 4 is 11.8 Å². The van der Waals surface area contributed by atoms with Crippen LogP contribution in [0.4, 0.5) is 0 Å². The number of carbonyl (C=O) groups is 2. The Morgan fingerprint density at radius 1 is 1.31 bits per heavy atom. The van der Waals surface area contributed by atoms with Crippen molar-refractivity contribution in [3.8, 4) is 0 Å². The number of aromatic nitrogens is 3. The van der Waals surface area contributed by atoms with Crippen molar-refractivity contribution in [1.29, 1.82) is 0 Å². The lowest BCUT2D eigenvalue weighted by Crippen LogP contribution is -2.56. The zero-order valence-electron chi connectivity index (χ0n) is 14.9. The van der Waals surface area contributed by atoms with Crippen LogP contribution in [0.5, 0.6) is 0 Å². The highest BCUT2D eigenvalue weighted by Gasteiger charge is 2.31. The van der Waals surface area contributed by atoms with Crippen LogP contribution in [0, 0.1) is 6.92 Å². The van der Waals surface area contributed by atoms with Crippen molar-refractivity contribution in [1.82, 2.24) is 30.3 Å². The molecule has 1 atom stereocenters. The molecule has 8 nitrogen and oxygen atoms in total. The lowest BCUT2D eigenvalue weighted by atomic mass is 10.0. The van der Waals surface area contributed by atoms with Crippen molar-refractivity contribution < 1.29 is 9.59 Å². The summed E-state index contributed by atoms with van der Waals surface area (Å²) >= 11 is 0. The van der Waals surface area contributed by atoms with E-state index in [1.54, 1.807) is 17.2 Å². The molecule has 2 heterocycles. The van der Waals surface area contributed by atoms with Gasteiger partial charge in [-0.3, -0.25) is 14.5 Å². The zero-order valence-corrected chi connectivity index (χ0v) is 14.9. The molecular formula is C18H24N6O2. The van der Waals surface area contributed by atoms with Gasteiger partial charge in [0.2, 0.25) is 11.8 Å². The van der Waals surface area contributed by atoms with Crippen LogP contribution < -0.4 is 10.6 Å². The van der Waals surface area contributed by atoms with Gasteiger partial charge in [0.1, 0.15) is 12.7 Å². The second-order valence-corrected chi connectivity index (χ2v) is 6.46. The molecule has 138 valence electrons. The molecule has 1 aromatic heterocycles. The standard InChI is InChI=1S/C18H24N6O2/c1-14-4-2-3-5-15(14)11-24-9-7-20-18(26)16(24)10-17(25)19-6-8-23-12-21-22-13-23/h2-5,12-13,16H,6-11H2,1H3,(H,19,25)(H,20,26)/t16-/m0/s1. The molecule has 0 saturated carbocycles. The maximum absolute atomic E-state index is 12.3. The van der Waals surface area contributed by atoms with Crippen molar-refractivity contribution in [2.45, 2.75) is 32.5 Å². The quantitative estimate of drug-likeness (QED) is 0.734. The van der Waals surface area contributed by atoms with Gasteiger partial charge in [-0.25, -0.2) is 0 Å². The summed E-state index contributed by atoms with van der Waals surface area (Å²) in [5.41, 5.74) is 2.37. The van der Waals surface area contributed by atoms with Crippen molar-refractivity contribution in [2.24, 2.45) is 0 Å². The fourth-order valence-corrected chi connectivity index (χ4v) is 3.09. The van der Waals surface area contributed by atoms with Crippen molar-refractivity contribution in [2.75, 3.05) is 19.6 Å². The summed E-state index contributed by atoms with van der Waals surface area (Å²) in [6.45, 7) is 5.14. The summed E-state index contributed by atoms with van der Waals surface area (Å²) in [5, 5.41) is 13.2. The average molecular weight is 356 g/mol. The second-order valence-electron chi connectivity index (χ2n) is 6.46. The molecule has 1 aliphatic rings. The third-order valence-corrected chi connectivity index (χ3v) is 4.61. The minimum absolute atomic E-state index is 0.0845. The topological polar surface area (TPSA) is 92.2 Å². The number of nitrogens with one attached hydrogen (secondary N) is 2. The van der Waals surface area contributed by atoms with E-state index in [1.807, 2.05) is 12.1 Å². The zero-order chi connectivity index (χ0) is 18.4. The van der Waals surface area contributed by atoms with E-state index in [9.17, 15) is 9.59 Å². The molecule has 8 heteroatoms. The highest BCUT2D eigenvalue weighted by molar-refractivity contribution is 5.88. The summed E-state index contributed by atoms with van der Waals surface area (Å²) in [4.78, 5) is 26.7. The molecule has 2 N–H and O–H groups in total. The second kappa shape index (κ2) is 8.57.